The number of nitrogens with zero attached hydrogens (tertiary/aromatic N) is 1. The minimum Gasteiger partial charge on any atom is -0.434 e. The zero-order valence-corrected chi connectivity index (χ0v) is 24.2. The summed E-state index contributed by atoms with van der Waals surface area (Å²) in [7, 11) is 0. The third kappa shape index (κ3) is 4.35. The molecule has 0 aromatic carbocycles. The zero-order chi connectivity index (χ0) is 26.8. The Balaban J connectivity index is 1.18. The number of aliphatic hydroxyl groups is 1. The highest BCUT2D eigenvalue weighted by atomic mass is 16.7. The summed E-state index contributed by atoms with van der Waals surface area (Å²) in [6, 6.07) is 0.313. The van der Waals surface area contributed by atoms with Crippen molar-refractivity contribution in [1.29, 1.82) is 0 Å². The van der Waals surface area contributed by atoms with Gasteiger partial charge < -0.3 is 14.6 Å². The van der Waals surface area contributed by atoms with Crippen LogP contribution in [0.5, 0.6) is 0 Å². The van der Waals surface area contributed by atoms with Gasteiger partial charge in [-0.25, -0.2) is 4.79 Å². The van der Waals surface area contributed by atoms with E-state index in [1.54, 1.807) is 0 Å². The molecule has 2 aliphatic heterocycles. The molecule has 6 nitrogen and oxygen atoms in total. The molecule has 4 saturated carbocycles. The van der Waals surface area contributed by atoms with Gasteiger partial charge in [0, 0.05) is 31.5 Å². The second-order valence-corrected chi connectivity index (χ2v) is 14.8. The SMILES string of the molecule is CCCCOC(=O)O[C@H]1CC[C@@]2(C)[C@H](C1)C(=O)C[C@H]1[C@@H]3CC[C@H]4[C@@H](CN5C[C@@H](C)CC[C@H]5[C@@]4(C)O)[C@@H]3C[C@@H]12. The monoisotopic (exact) mass is 529 g/mol. The van der Waals surface area contributed by atoms with E-state index in [1.807, 2.05) is 0 Å². The summed E-state index contributed by atoms with van der Waals surface area (Å²) >= 11 is 0. The third-order valence-corrected chi connectivity index (χ3v) is 12.8. The van der Waals surface area contributed by atoms with Crippen LogP contribution < -0.4 is 0 Å². The highest BCUT2D eigenvalue weighted by Crippen LogP contribution is 2.66. The summed E-state index contributed by atoms with van der Waals surface area (Å²) in [5.41, 5.74) is -0.608. The standard InChI is InChI=1S/C32H51NO5/c1-5-6-13-37-30(35)38-20-11-12-31(3)26-15-22-21(23(26)16-28(34)27(31)14-20)8-9-25-24(22)18-33-17-19(2)7-10-29(33)32(25,4)36/h19-27,29,36H,5-18H2,1-4H3/t19-,20-,21+,22+,23-,24-,25-,26-,27+,29-,31+,32-/m0/s1. The Labute approximate surface area is 229 Å². The molecule has 6 rings (SSSR count). The Bertz CT molecular complexity index is 920. The molecular weight excluding hydrogens is 478 g/mol. The first-order valence-electron chi connectivity index (χ1n) is 16.0. The van der Waals surface area contributed by atoms with Crippen molar-refractivity contribution in [1.82, 2.24) is 4.90 Å². The van der Waals surface area contributed by atoms with E-state index in [-0.39, 0.29) is 17.4 Å². The average molecular weight is 530 g/mol. The highest BCUT2D eigenvalue weighted by molar-refractivity contribution is 5.83. The normalized spacial score (nSPS) is 50.2. The Morgan fingerprint density at radius 1 is 1.00 bits per heavy atom. The van der Waals surface area contributed by atoms with Crippen LogP contribution in [0.2, 0.25) is 0 Å². The fourth-order valence-corrected chi connectivity index (χ4v) is 10.9. The number of Topliss-reactive ketones (excluding diaryl/α,β-unsaturated/α-hetero) is 1. The van der Waals surface area contributed by atoms with Crippen LogP contribution in [0, 0.1) is 52.8 Å². The lowest BCUT2D eigenvalue weighted by molar-refractivity contribution is -0.175. The number of piperidine rings is 2. The van der Waals surface area contributed by atoms with Crippen LogP contribution in [0.4, 0.5) is 4.79 Å². The van der Waals surface area contributed by atoms with Gasteiger partial charge in [0.15, 0.2) is 0 Å². The minimum atomic E-state index is -0.606. The van der Waals surface area contributed by atoms with Crippen molar-refractivity contribution in [2.45, 2.75) is 116 Å². The highest BCUT2D eigenvalue weighted by Gasteiger charge is 2.64. The molecule has 214 valence electrons. The molecule has 0 bridgehead atoms. The van der Waals surface area contributed by atoms with E-state index in [4.69, 9.17) is 9.47 Å². The van der Waals surface area contributed by atoms with Gasteiger partial charge in [0.25, 0.3) is 0 Å². The van der Waals surface area contributed by atoms with Crippen molar-refractivity contribution >= 4 is 11.9 Å². The Hall–Kier alpha value is -1.14. The van der Waals surface area contributed by atoms with Gasteiger partial charge in [-0.05, 0) is 112 Å². The lowest BCUT2D eigenvalue weighted by atomic mass is 9.51. The van der Waals surface area contributed by atoms with Gasteiger partial charge >= 0.3 is 6.16 Å². The molecule has 0 aromatic heterocycles. The maximum absolute atomic E-state index is 13.7. The first kappa shape index (κ1) is 27.1. The molecule has 0 unspecified atom stereocenters. The summed E-state index contributed by atoms with van der Waals surface area (Å²) in [6.45, 7) is 11.6. The molecule has 12 atom stereocenters. The number of carbonyl (C=O) groups is 2. The van der Waals surface area contributed by atoms with Gasteiger partial charge in [0.2, 0.25) is 0 Å². The number of unbranched alkanes of at least 4 members (excludes halogenated alkanes) is 1. The second kappa shape index (κ2) is 10.0. The molecule has 0 amide bonds. The lowest BCUT2D eigenvalue weighted by Crippen LogP contribution is -2.67. The van der Waals surface area contributed by atoms with E-state index in [0.29, 0.717) is 72.7 Å². The van der Waals surface area contributed by atoms with E-state index in [9.17, 15) is 14.7 Å². The van der Waals surface area contributed by atoms with Crippen LogP contribution in [-0.2, 0) is 14.3 Å². The minimum absolute atomic E-state index is 0.00182. The molecule has 2 saturated heterocycles. The van der Waals surface area contributed by atoms with Gasteiger partial charge in [-0.2, -0.15) is 0 Å². The topological polar surface area (TPSA) is 76.1 Å². The van der Waals surface area contributed by atoms with Crippen molar-refractivity contribution in [3.05, 3.63) is 0 Å². The Kier molecular flexibility index (Phi) is 7.15. The maximum Gasteiger partial charge on any atom is 0.508 e. The molecular formula is C32H51NO5. The number of hydrogen-bond acceptors (Lipinski definition) is 6. The first-order valence-corrected chi connectivity index (χ1v) is 16.0. The molecule has 6 aliphatic rings. The van der Waals surface area contributed by atoms with E-state index in [2.05, 4.69) is 32.6 Å². The molecule has 4 aliphatic carbocycles. The molecule has 6 fully saturated rings. The quantitative estimate of drug-likeness (QED) is 0.364. The molecule has 0 radical (unpaired) electrons. The number of ether oxygens (including phenoxy) is 2. The van der Waals surface area contributed by atoms with Crippen LogP contribution in [-0.4, -0.2) is 59.4 Å². The van der Waals surface area contributed by atoms with E-state index < -0.39 is 11.8 Å². The van der Waals surface area contributed by atoms with Crippen LogP contribution >= 0.6 is 0 Å². The summed E-state index contributed by atoms with van der Waals surface area (Å²) in [5.74, 6) is 4.36. The third-order valence-electron chi connectivity index (χ3n) is 12.8. The van der Waals surface area contributed by atoms with Gasteiger partial charge in [-0.1, -0.05) is 27.2 Å². The fraction of sp³-hybridized carbons (Fsp3) is 0.938. The summed E-state index contributed by atoms with van der Waals surface area (Å²) in [5, 5.41) is 11.9. The predicted molar refractivity (Wildman–Crippen MR) is 145 cm³/mol. The van der Waals surface area contributed by atoms with Crippen molar-refractivity contribution in [2.75, 3.05) is 19.7 Å². The first-order chi connectivity index (χ1) is 18.1. The average Bonchev–Trinajstić information content (AvgIpc) is 3.25. The zero-order valence-electron chi connectivity index (χ0n) is 24.2. The molecule has 38 heavy (non-hydrogen) atoms. The summed E-state index contributed by atoms with van der Waals surface area (Å²) in [4.78, 5) is 28.5. The number of ketones is 1. The van der Waals surface area contributed by atoms with Crippen molar-refractivity contribution < 1.29 is 24.2 Å². The number of rotatable bonds is 4. The largest absolute Gasteiger partial charge is 0.508 e. The Morgan fingerprint density at radius 2 is 1.82 bits per heavy atom. The predicted octanol–water partition coefficient (Wildman–Crippen LogP) is 5.85. The Morgan fingerprint density at radius 3 is 2.61 bits per heavy atom. The molecule has 2 heterocycles. The molecule has 1 N–H and O–H groups in total. The van der Waals surface area contributed by atoms with Crippen LogP contribution in [0.15, 0.2) is 0 Å². The van der Waals surface area contributed by atoms with E-state index in [0.717, 1.165) is 51.6 Å². The number of hydrogen-bond donors (Lipinski definition) is 1. The summed E-state index contributed by atoms with van der Waals surface area (Å²) < 4.78 is 10.9. The summed E-state index contributed by atoms with van der Waals surface area (Å²) in [6.07, 6.45) is 10.1. The van der Waals surface area contributed by atoms with Gasteiger partial charge in [0.05, 0.1) is 12.2 Å². The van der Waals surface area contributed by atoms with Gasteiger partial charge in [0.1, 0.15) is 11.9 Å². The second-order valence-electron chi connectivity index (χ2n) is 14.8. The smallest absolute Gasteiger partial charge is 0.434 e. The molecule has 0 aromatic rings. The van der Waals surface area contributed by atoms with Crippen molar-refractivity contribution in [3.8, 4) is 0 Å². The van der Waals surface area contributed by atoms with Crippen molar-refractivity contribution in [2.24, 2.45) is 52.8 Å². The maximum atomic E-state index is 13.7. The fourth-order valence-electron chi connectivity index (χ4n) is 10.9. The van der Waals surface area contributed by atoms with Gasteiger partial charge in [-0.3, -0.25) is 9.69 Å². The van der Waals surface area contributed by atoms with Crippen molar-refractivity contribution in [3.63, 3.8) is 0 Å². The van der Waals surface area contributed by atoms with E-state index in [1.165, 1.54) is 19.3 Å². The van der Waals surface area contributed by atoms with Crippen LogP contribution in [0.25, 0.3) is 0 Å². The molecule has 6 heteroatoms. The van der Waals surface area contributed by atoms with Gasteiger partial charge in [-0.15, -0.1) is 0 Å². The number of fused-ring (bicyclic) bond motifs is 8. The van der Waals surface area contributed by atoms with E-state index >= 15 is 0 Å². The molecule has 0 spiro atoms. The lowest BCUT2D eigenvalue weighted by Gasteiger charge is -2.59. The van der Waals surface area contributed by atoms with Crippen LogP contribution in [0.1, 0.15) is 98.3 Å². The van der Waals surface area contributed by atoms with Crippen LogP contribution in [0.3, 0.4) is 0 Å². The number of carbonyl (C=O) groups excluding carboxylic acids is 2.